The molecule has 2 amide bonds. The predicted molar refractivity (Wildman–Crippen MR) is 105 cm³/mol. The van der Waals surface area contributed by atoms with Gasteiger partial charge in [-0.25, -0.2) is 4.98 Å². The van der Waals surface area contributed by atoms with Gasteiger partial charge in [0.2, 0.25) is 11.8 Å². The molecule has 3 aromatic rings. The molecule has 28 heavy (non-hydrogen) atoms. The van der Waals surface area contributed by atoms with Crippen LogP contribution in [0.2, 0.25) is 5.02 Å². The molecule has 0 saturated carbocycles. The van der Waals surface area contributed by atoms with Gasteiger partial charge in [-0.1, -0.05) is 35.9 Å². The van der Waals surface area contributed by atoms with Gasteiger partial charge in [-0.2, -0.15) is 0 Å². The number of carbonyl (C=O) groups is 2. The van der Waals surface area contributed by atoms with Gasteiger partial charge in [-0.3, -0.25) is 24.3 Å². The van der Waals surface area contributed by atoms with Crippen LogP contribution in [0.1, 0.15) is 24.3 Å². The van der Waals surface area contributed by atoms with Gasteiger partial charge >= 0.3 is 0 Å². The summed E-state index contributed by atoms with van der Waals surface area (Å²) < 4.78 is 1.45. The van der Waals surface area contributed by atoms with Crippen molar-refractivity contribution in [3.05, 3.63) is 81.9 Å². The van der Waals surface area contributed by atoms with Crippen molar-refractivity contribution < 1.29 is 9.59 Å². The molecule has 1 saturated heterocycles. The molecule has 0 aliphatic carbocycles. The first-order valence-corrected chi connectivity index (χ1v) is 9.19. The third-order valence-electron chi connectivity index (χ3n) is 4.77. The number of nitrogens with zero attached hydrogens (tertiary/aromatic N) is 2. The van der Waals surface area contributed by atoms with Gasteiger partial charge in [0.15, 0.2) is 0 Å². The number of imide groups is 1. The lowest BCUT2D eigenvalue weighted by Gasteiger charge is -2.23. The summed E-state index contributed by atoms with van der Waals surface area (Å²) in [7, 11) is 0. The molecule has 1 aliphatic heterocycles. The van der Waals surface area contributed by atoms with E-state index < -0.39 is 5.92 Å². The fraction of sp³-hybridized carbons (Fsp3) is 0.143. The smallest absolute Gasteiger partial charge is 0.256 e. The number of hydrogen-bond donors (Lipinski definition) is 1. The Labute approximate surface area is 165 Å². The molecule has 3 heterocycles. The highest BCUT2D eigenvalue weighted by molar-refractivity contribution is 6.34. The van der Waals surface area contributed by atoms with Crippen LogP contribution in [0.25, 0.3) is 16.9 Å². The molecule has 0 bridgehead atoms. The minimum atomic E-state index is -0.458. The number of amides is 2. The Bertz CT molecular complexity index is 1120. The molecule has 0 radical (unpaired) electrons. The summed E-state index contributed by atoms with van der Waals surface area (Å²) in [6, 6.07) is 14.0. The van der Waals surface area contributed by atoms with E-state index in [-0.39, 0.29) is 17.4 Å². The number of pyridine rings is 2. The number of rotatable bonds is 3. The Hall–Kier alpha value is -3.25. The fourth-order valence-corrected chi connectivity index (χ4v) is 3.70. The predicted octanol–water partition coefficient (Wildman–Crippen LogP) is 3.07. The summed E-state index contributed by atoms with van der Waals surface area (Å²) in [6.45, 7) is 0. The molecule has 1 unspecified atom stereocenters. The zero-order valence-corrected chi connectivity index (χ0v) is 15.5. The highest BCUT2D eigenvalue weighted by atomic mass is 35.5. The van der Waals surface area contributed by atoms with Crippen molar-refractivity contribution in [1.82, 2.24) is 14.9 Å². The highest BCUT2D eigenvalue weighted by Crippen LogP contribution is 2.36. The Kier molecular flexibility index (Phi) is 4.79. The normalized spacial score (nSPS) is 16.7. The number of halogens is 1. The number of nitrogens with one attached hydrogen (secondary N) is 1. The van der Waals surface area contributed by atoms with Gasteiger partial charge < -0.3 is 0 Å². The number of carbonyl (C=O) groups excluding carboxylic acids is 2. The van der Waals surface area contributed by atoms with Crippen LogP contribution in [0.5, 0.6) is 0 Å². The van der Waals surface area contributed by atoms with Crippen molar-refractivity contribution in [3.63, 3.8) is 0 Å². The second kappa shape index (κ2) is 7.40. The summed E-state index contributed by atoms with van der Waals surface area (Å²) in [5, 5.41) is 2.83. The number of hydrogen-bond acceptors (Lipinski definition) is 4. The van der Waals surface area contributed by atoms with E-state index in [1.165, 1.54) is 10.6 Å². The van der Waals surface area contributed by atoms with Crippen molar-refractivity contribution in [3.8, 4) is 16.9 Å². The lowest BCUT2D eigenvalue weighted by atomic mass is 9.88. The third kappa shape index (κ3) is 3.34. The van der Waals surface area contributed by atoms with Crippen LogP contribution in [0.4, 0.5) is 0 Å². The monoisotopic (exact) mass is 393 g/mol. The first kappa shape index (κ1) is 18.1. The maximum absolute atomic E-state index is 12.2. The Morgan fingerprint density at radius 2 is 1.89 bits per heavy atom. The fourth-order valence-electron chi connectivity index (χ4n) is 3.34. The van der Waals surface area contributed by atoms with Crippen LogP contribution in [0, 0.1) is 0 Å². The van der Waals surface area contributed by atoms with Crippen LogP contribution in [-0.4, -0.2) is 21.4 Å². The second-order valence-corrected chi connectivity index (χ2v) is 6.90. The number of aromatic nitrogens is 2. The SMILES string of the molecule is O=C1CCC(c2cccc(-c3ccc(-n4ccccc4=O)nc3)c2Cl)C(=O)N1. The highest BCUT2D eigenvalue weighted by Gasteiger charge is 2.30. The van der Waals surface area contributed by atoms with E-state index >= 15 is 0 Å². The standard InChI is InChI=1S/C21H16ClN3O3/c22-20-14(4-3-5-15(20)16-8-10-18(26)24-21(16)28)13-7-9-17(23-12-13)25-11-2-1-6-19(25)27/h1-7,9,11-12,16H,8,10H2,(H,24,26,28). The van der Waals surface area contributed by atoms with E-state index in [1.54, 1.807) is 36.7 Å². The zero-order valence-electron chi connectivity index (χ0n) is 14.8. The van der Waals surface area contributed by atoms with Gasteiger partial charge in [0, 0.05) is 36.0 Å². The maximum atomic E-state index is 12.2. The lowest BCUT2D eigenvalue weighted by Crippen LogP contribution is -2.39. The molecule has 6 nitrogen and oxygen atoms in total. The summed E-state index contributed by atoms with van der Waals surface area (Å²) in [4.78, 5) is 39.9. The quantitative estimate of drug-likeness (QED) is 0.693. The molecular weight excluding hydrogens is 378 g/mol. The summed E-state index contributed by atoms with van der Waals surface area (Å²) >= 11 is 6.61. The van der Waals surface area contributed by atoms with E-state index in [0.717, 1.165) is 11.1 Å². The van der Waals surface area contributed by atoms with E-state index in [1.807, 2.05) is 18.2 Å². The van der Waals surface area contributed by atoms with E-state index in [0.29, 0.717) is 29.2 Å². The molecule has 2 aromatic heterocycles. The second-order valence-electron chi connectivity index (χ2n) is 6.53. The molecule has 1 N–H and O–H groups in total. The molecule has 1 fully saturated rings. The number of benzene rings is 1. The third-order valence-corrected chi connectivity index (χ3v) is 5.19. The number of piperidine rings is 1. The minimum Gasteiger partial charge on any atom is -0.296 e. The van der Waals surface area contributed by atoms with Crippen LogP contribution in [0.3, 0.4) is 0 Å². The molecule has 140 valence electrons. The minimum absolute atomic E-state index is 0.166. The Morgan fingerprint density at radius 1 is 1.04 bits per heavy atom. The summed E-state index contributed by atoms with van der Waals surface area (Å²) in [5.41, 5.74) is 2.03. The van der Waals surface area contributed by atoms with Gasteiger partial charge in [0.1, 0.15) is 5.82 Å². The molecule has 0 spiro atoms. The van der Waals surface area contributed by atoms with E-state index in [2.05, 4.69) is 10.3 Å². The Morgan fingerprint density at radius 3 is 2.61 bits per heavy atom. The van der Waals surface area contributed by atoms with Crippen molar-refractivity contribution in [2.45, 2.75) is 18.8 Å². The van der Waals surface area contributed by atoms with Gasteiger partial charge in [0.05, 0.1) is 10.9 Å². The largest absolute Gasteiger partial charge is 0.296 e. The lowest BCUT2D eigenvalue weighted by molar-refractivity contribution is -0.134. The van der Waals surface area contributed by atoms with Crippen molar-refractivity contribution in [2.75, 3.05) is 0 Å². The van der Waals surface area contributed by atoms with Crippen LogP contribution < -0.4 is 10.9 Å². The van der Waals surface area contributed by atoms with Gasteiger partial charge in [-0.15, -0.1) is 0 Å². The first-order valence-electron chi connectivity index (χ1n) is 8.81. The first-order chi connectivity index (χ1) is 13.5. The molecule has 1 aliphatic rings. The molecule has 7 heteroatoms. The average molecular weight is 394 g/mol. The topological polar surface area (TPSA) is 81.1 Å². The van der Waals surface area contributed by atoms with Crippen molar-refractivity contribution in [2.24, 2.45) is 0 Å². The molecule has 4 rings (SSSR count). The van der Waals surface area contributed by atoms with Crippen LogP contribution >= 0.6 is 11.6 Å². The van der Waals surface area contributed by atoms with Gasteiger partial charge in [0.25, 0.3) is 5.56 Å². The van der Waals surface area contributed by atoms with Crippen LogP contribution in [-0.2, 0) is 9.59 Å². The van der Waals surface area contributed by atoms with E-state index in [9.17, 15) is 14.4 Å². The molecular formula is C21H16ClN3O3. The Balaban J connectivity index is 1.69. The van der Waals surface area contributed by atoms with Crippen molar-refractivity contribution in [1.29, 1.82) is 0 Å². The average Bonchev–Trinajstić information content (AvgIpc) is 2.69. The molecule has 1 aromatic carbocycles. The summed E-state index contributed by atoms with van der Waals surface area (Å²) in [6.07, 6.45) is 4.02. The van der Waals surface area contributed by atoms with Crippen LogP contribution in [0.15, 0.2) is 65.7 Å². The van der Waals surface area contributed by atoms with Crippen molar-refractivity contribution >= 4 is 23.4 Å². The summed E-state index contributed by atoms with van der Waals surface area (Å²) in [5.74, 6) is -0.538. The van der Waals surface area contributed by atoms with Gasteiger partial charge in [-0.05, 0) is 30.2 Å². The maximum Gasteiger partial charge on any atom is 0.256 e. The molecule has 1 atom stereocenters. The zero-order chi connectivity index (χ0) is 19.7. The van der Waals surface area contributed by atoms with E-state index in [4.69, 9.17) is 11.6 Å².